The number of rotatable bonds is 4. The molecule has 0 radical (unpaired) electrons. The van der Waals surface area contributed by atoms with Crippen LogP contribution in [0.4, 0.5) is 4.79 Å². The van der Waals surface area contributed by atoms with Crippen LogP contribution in [0, 0.1) is 17.8 Å². The summed E-state index contributed by atoms with van der Waals surface area (Å²) in [6.07, 6.45) is 5.94. The maximum atomic E-state index is 12.4. The fourth-order valence-electron chi connectivity index (χ4n) is 6.14. The standard InChI is InChI=1S/C21H26O6/c1-2-26-20(25)27-19(24)16-7-17(15(11-22)6-18(16)23)21-8-12-3-13(9-21)5-14(4-12)10-21/h6-7,12-14,22-23H,2-5,8-11H2,1H3. The van der Waals surface area contributed by atoms with E-state index in [1.807, 2.05) is 0 Å². The molecule has 146 valence electrons. The molecule has 4 fully saturated rings. The molecule has 0 spiro atoms. The number of ether oxygens (including phenoxy) is 2. The fraction of sp³-hybridized carbons (Fsp3) is 0.619. The molecule has 2 N–H and O–H groups in total. The van der Waals surface area contributed by atoms with Gasteiger partial charge in [0.25, 0.3) is 0 Å². The Morgan fingerprint density at radius 1 is 1.11 bits per heavy atom. The van der Waals surface area contributed by atoms with Crippen molar-refractivity contribution in [2.24, 2.45) is 17.8 Å². The number of phenolic OH excluding ortho intramolecular Hbond substituents is 1. The molecule has 0 saturated heterocycles. The minimum absolute atomic E-state index is 0.0500. The molecular formula is C21H26O6. The minimum Gasteiger partial charge on any atom is -0.507 e. The molecule has 4 aliphatic carbocycles. The number of aliphatic hydroxyl groups is 1. The van der Waals surface area contributed by atoms with Crippen LogP contribution in [0.15, 0.2) is 12.1 Å². The maximum absolute atomic E-state index is 12.4. The maximum Gasteiger partial charge on any atom is 0.516 e. The van der Waals surface area contributed by atoms with Gasteiger partial charge in [0.15, 0.2) is 0 Å². The number of phenols is 1. The summed E-state index contributed by atoms with van der Waals surface area (Å²) in [4.78, 5) is 23.9. The van der Waals surface area contributed by atoms with Gasteiger partial charge in [-0.25, -0.2) is 9.59 Å². The summed E-state index contributed by atoms with van der Waals surface area (Å²) >= 11 is 0. The molecule has 0 amide bonds. The molecule has 6 heteroatoms. The highest BCUT2D eigenvalue weighted by molar-refractivity contribution is 5.97. The molecule has 0 atom stereocenters. The molecule has 1 aromatic rings. The van der Waals surface area contributed by atoms with Gasteiger partial charge in [0.05, 0.1) is 13.2 Å². The topological polar surface area (TPSA) is 93.1 Å². The Labute approximate surface area is 158 Å². The molecule has 0 heterocycles. The Hall–Kier alpha value is -2.08. The second-order valence-electron chi connectivity index (χ2n) is 8.46. The highest BCUT2D eigenvalue weighted by Gasteiger charge is 2.52. The van der Waals surface area contributed by atoms with Crippen LogP contribution >= 0.6 is 0 Å². The Bertz CT molecular complexity index is 733. The lowest BCUT2D eigenvalue weighted by Crippen LogP contribution is -2.49. The van der Waals surface area contributed by atoms with Crippen molar-refractivity contribution in [3.63, 3.8) is 0 Å². The summed E-state index contributed by atoms with van der Waals surface area (Å²) in [6, 6.07) is 3.07. The van der Waals surface area contributed by atoms with E-state index in [1.54, 1.807) is 13.0 Å². The first-order chi connectivity index (χ1) is 12.9. The van der Waals surface area contributed by atoms with Gasteiger partial charge in [0.1, 0.15) is 11.3 Å². The Morgan fingerprint density at radius 3 is 2.22 bits per heavy atom. The average Bonchev–Trinajstić information content (AvgIpc) is 2.60. The van der Waals surface area contributed by atoms with Crippen molar-refractivity contribution >= 4 is 12.1 Å². The fourth-order valence-corrected chi connectivity index (χ4v) is 6.14. The number of esters is 1. The zero-order chi connectivity index (χ0) is 19.2. The SMILES string of the molecule is CCOC(=O)OC(=O)c1cc(C23CC4CC(CC(C4)C2)C3)c(CO)cc1O. The number of hydrogen-bond acceptors (Lipinski definition) is 6. The van der Waals surface area contributed by atoms with Gasteiger partial charge in [-0.15, -0.1) is 0 Å². The number of carbonyl (C=O) groups excluding carboxylic acids is 2. The lowest BCUT2D eigenvalue weighted by atomic mass is 9.47. The molecule has 4 bridgehead atoms. The van der Waals surface area contributed by atoms with Crippen LogP contribution in [0.2, 0.25) is 0 Å². The molecule has 0 unspecified atom stereocenters. The van der Waals surface area contributed by atoms with Gasteiger partial charge in [-0.05, 0) is 91.9 Å². The van der Waals surface area contributed by atoms with Gasteiger partial charge in [-0.3, -0.25) is 0 Å². The quantitative estimate of drug-likeness (QED) is 0.617. The molecule has 1 aromatic carbocycles. The van der Waals surface area contributed by atoms with Crippen molar-refractivity contribution in [2.75, 3.05) is 6.61 Å². The van der Waals surface area contributed by atoms with Crippen LogP contribution < -0.4 is 0 Å². The Kier molecular flexibility index (Phi) is 4.62. The van der Waals surface area contributed by atoms with E-state index < -0.39 is 12.1 Å². The first-order valence-electron chi connectivity index (χ1n) is 9.80. The van der Waals surface area contributed by atoms with Crippen molar-refractivity contribution in [3.8, 4) is 5.75 Å². The largest absolute Gasteiger partial charge is 0.516 e. The van der Waals surface area contributed by atoms with Crippen molar-refractivity contribution in [1.82, 2.24) is 0 Å². The van der Waals surface area contributed by atoms with Gasteiger partial charge in [-0.2, -0.15) is 0 Å². The monoisotopic (exact) mass is 374 g/mol. The van der Waals surface area contributed by atoms with E-state index in [0.717, 1.165) is 24.8 Å². The van der Waals surface area contributed by atoms with Crippen LogP contribution in [-0.4, -0.2) is 28.9 Å². The number of aliphatic hydroxyl groups excluding tert-OH is 1. The first kappa shape index (κ1) is 18.3. The van der Waals surface area contributed by atoms with Crippen LogP contribution in [0.25, 0.3) is 0 Å². The van der Waals surface area contributed by atoms with Gasteiger partial charge < -0.3 is 19.7 Å². The number of aromatic hydroxyl groups is 1. The van der Waals surface area contributed by atoms with Gasteiger partial charge >= 0.3 is 12.1 Å². The summed E-state index contributed by atoms with van der Waals surface area (Å²) in [6.45, 7) is 1.52. The van der Waals surface area contributed by atoms with Gasteiger partial charge in [-0.1, -0.05) is 0 Å². The van der Waals surface area contributed by atoms with Gasteiger partial charge in [0.2, 0.25) is 0 Å². The van der Waals surface area contributed by atoms with Crippen LogP contribution in [0.1, 0.15) is 66.9 Å². The molecule has 0 aromatic heterocycles. The highest BCUT2D eigenvalue weighted by Crippen LogP contribution is 2.61. The number of carbonyl (C=O) groups is 2. The predicted molar refractivity (Wildman–Crippen MR) is 96.3 cm³/mol. The Morgan fingerprint density at radius 2 is 1.70 bits per heavy atom. The number of benzene rings is 1. The van der Waals surface area contributed by atoms with E-state index in [9.17, 15) is 19.8 Å². The smallest absolute Gasteiger partial charge is 0.507 e. The molecule has 4 saturated carbocycles. The second-order valence-corrected chi connectivity index (χ2v) is 8.46. The third-order valence-corrected chi connectivity index (χ3v) is 6.66. The molecule has 27 heavy (non-hydrogen) atoms. The van der Waals surface area contributed by atoms with E-state index in [-0.39, 0.29) is 29.9 Å². The summed E-state index contributed by atoms with van der Waals surface area (Å²) < 4.78 is 9.33. The predicted octanol–water partition coefficient (Wildman–Crippen LogP) is 3.67. The zero-order valence-electron chi connectivity index (χ0n) is 15.6. The summed E-state index contributed by atoms with van der Waals surface area (Å²) in [5.41, 5.74) is 1.48. The van der Waals surface area contributed by atoms with Crippen molar-refractivity contribution < 1.29 is 29.3 Å². The summed E-state index contributed by atoms with van der Waals surface area (Å²) in [7, 11) is 0. The second kappa shape index (κ2) is 6.82. The molecule has 4 aliphatic rings. The lowest BCUT2D eigenvalue weighted by Gasteiger charge is -2.57. The van der Waals surface area contributed by atoms with Crippen molar-refractivity contribution in [2.45, 2.75) is 57.5 Å². The van der Waals surface area contributed by atoms with Crippen LogP contribution in [-0.2, 0) is 21.5 Å². The average molecular weight is 374 g/mol. The summed E-state index contributed by atoms with van der Waals surface area (Å²) in [5, 5.41) is 20.2. The molecular weight excluding hydrogens is 348 g/mol. The van der Waals surface area contributed by atoms with E-state index in [4.69, 9.17) is 0 Å². The highest BCUT2D eigenvalue weighted by atomic mass is 16.7. The minimum atomic E-state index is -1.08. The normalized spacial score (nSPS) is 31.0. The first-order valence-corrected chi connectivity index (χ1v) is 9.80. The van der Waals surface area contributed by atoms with Crippen LogP contribution in [0.3, 0.4) is 0 Å². The van der Waals surface area contributed by atoms with Crippen LogP contribution in [0.5, 0.6) is 5.75 Å². The van der Waals surface area contributed by atoms with E-state index in [2.05, 4.69) is 9.47 Å². The van der Waals surface area contributed by atoms with Gasteiger partial charge in [0, 0.05) is 0 Å². The zero-order valence-corrected chi connectivity index (χ0v) is 15.6. The van der Waals surface area contributed by atoms with E-state index in [0.29, 0.717) is 23.3 Å². The molecule has 5 rings (SSSR count). The van der Waals surface area contributed by atoms with E-state index >= 15 is 0 Å². The molecule has 6 nitrogen and oxygen atoms in total. The third kappa shape index (κ3) is 3.20. The van der Waals surface area contributed by atoms with Crippen molar-refractivity contribution in [1.29, 1.82) is 0 Å². The number of hydrogen-bond donors (Lipinski definition) is 2. The van der Waals surface area contributed by atoms with Crippen molar-refractivity contribution in [3.05, 3.63) is 28.8 Å². The lowest BCUT2D eigenvalue weighted by molar-refractivity contribution is -0.00608. The molecule has 0 aliphatic heterocycles. The Balaban J connectivity index is 1.70. The summed E-state index contributed by atoms with van der Waals surface area (Å²) in [5.74, 6) is 0.882. The third-order valence-electron chi connectivity index (χ3n) is 6.66. The van der Waals surface area contributed by atoms with E-state index in [1.165, 1.54) is 25.3 Å².